The normalized spacial score (nSPS) is 12.7. The van der Waals surface area contributed by atoms with Crippen LogP contribution in [0, 0.1) is 0 Å². The third-order valence-corrected chi connectivity index (χ3v) is 2.11. The van der Waals surface area contributed by atoms with Gasteiger partial charge in [0.25, 0.3) is 0 Å². The first-order valence-corrected chi connectivity index (χ1v) is 4.51. The van der Waals surface area contributed by atoms with Crippen molar-refractivity contribution in [2.75, 3.05) is 0 Å². The lowest BCUT2D eigenvalue weighted by Crippen LogP contribution is -2.09. The van der Waals surface area contributed by atoms with Gasteiger partial charge in [0.1, 0.15) is 0 Å². The fourth-order valence-electron chi connectivity index (χ4n) is 1.46. The van der Waals surface area contributed by atoms with Gasteiger partial charge in [0.2, 0.25) is 0 Å². The van der Waals surface area contributed by atoms with E-state index >= 15 is 0 Å². The van der Waals surface area contributed by atoms with Crippen molar-refractivity contribution < 1.29 is 12.9 Å². The fraction of sp³-hybridized carbons (Fsp3) is 0. The van der Waals surface area contributed by atoms with Crippen molar-refractivity contribution in [2.24, 2.45) is 0 Å². The Bertz CT molecular complexity index is 499. The molecule has 1 aromatic carbocycles. The average Bonchev–Trinajstić information content (AvgIpc) is 2.61. The summed E-state index contributed by atoms with van der Waals surface area (Å²) in [6.45, 7) is -4.87. The van der Waals surface area contributed by atoms with Crippen molar-refractivity contribution >= 4 is 24.0 Å². The average molecular weight is 210 g/mol. The van der Waals surface area contributed by atoms with Crippen LogP contribution in [0.3, 0.4) is 0 Å². The van der Waals surface area contributed by atoms with E-state index in [1.807, 2.05) is 12.1 Å². The highest BCUT2D eigenvalue weighted by Gasteiger charge is 2.17. The molecule has 15 heavy (non-hydrogen) atoms. The second-order valence-corrected chi connectivity index (χ2v) is 3.27. The topological polar surface area (TPSA) is 15.8 Å². The van der Waals surface area contributed by atoms with Crippen LogP contribution in [0.5, 0.6) is 0 Å². The predicted octanol–water partition coefficient (Wildman–Crippen LogP) is 3.57. The molecule has 0 aliphatic carbocycles. The van der Waals surface area contributed by atoms with Crippen molar-refractivity contribution in [3.8, 4) is 0 Å². The molecule has 1 nitrogen and oxygen atoms in total. The molecule has 0 bridgehead atoms. The Morgan fingerprint density at radius 2 is 1.93 bits per heavy atom. The molecule has 0 aliphatic rings. The van der Waals surface area contributed by atoms with Crippen LogP contribution in [0.1, 0.15) is 5.56 Å². The zero-order chi connectivity index (χ0) is 10.9. The van der Waals surface area contributed by atoms with E-state index in [9.17, 15) is 12.9 Å². The van der Waals surface area contributed by atoms with Crippen LogP contribution in [0.15, 0.2) is 36.4 Å². The molecule has 1 N–H and O–H groups in total. The Hall–Kier alpha value is -1.65. The summed E-state index contributed by atoms with van der Waals surface area (Å²) < 4.78 is 36.1. The highest BCUT2D eigenvalue weighted by molar-refractivity contribution is 6.65. The summed E-state index contributed by atoms with van der Waals surface area (Å²) in [5.41, 5.74) is 1.28. The van der Waals surface area contributed by atoms with E-state index in [2.05, 4.69) is 4.98 Å². The van der Waals surface area contributed by atoms with Gasteiger partial charge in [-0.05, 0) is 17.0 Å². The number of hydrogen-bond donors (Lipinski definition) is 1. The quantitative estimate of drug-likeness (QED) is 0.729. The van der Waals surface area contributed by atoms with E-state index in [4.69, 9.17) is 0 Å². The lowest BCUT2D eigenvalue weighted by Gasteiger charge is -2.06. The summed E-state index contributed by atoms with van der Waals surface area (Å²) in [4.78, 5) is 2.91. The van der Waals surface area contributed by atoms with Crippen molar-refractivity contribution in [1.29, 1.82) is 0 Å². The molecule has 0 unspecified atom stereocenters. The summed E-state index contributed by atoms with van der Waals surface area (Å²) in [5.74, 6) is 0.301. The van der Waals surface area contributed by atoms with E-state index in [0.717, 1.165) is 17.0 Å². The lowest BCUT2D eigenvalue weighted by molar-refractivity contribution is 0.499. The van der Waals surface area contributed by atoms with E-state index in [0.29, 0.717) is 11.5 Å². The van der Waals surface area contributed by atoms with Crippen molar-refractivity contribution in [1.82, 2.24) is 4.98 Å². The summed E-state index contributed by atoms with van der Waals surface area (Å²) in [7, 11) is 0. The highest BCUT2D eigenvalue weighted by Crippen LogP contribution is 2.20. The van der Waals surface area contributed by atoms with Crippen LogP contribution in [0.25, 0.3) is 17.0 Å². The molecule has 2 rings (SSSR count). The molecule has 0 amide bonds. The van der Waals surface area contributed by atoms with Crippen molar-refractivity contribution in [2.45, 2.75) is 0 Å². The van der Waals surface area contributed by atoms with Crippen molar-refractivity contribution in [3.05, 3.63) is 42.0 Å². The maximum absolute atomic E-state index is 12.0. The molecular weight excluding hydrogens is 202 g/mol. The van der Waals surface area contributed by atoms with E-state index in [-0.39, 0.29) is 0 Å². The van der Waals surface area contributed by atoms with Gasteiger partial charge in [-0.25, -0.2) is 0 Å². The van der Waals surface area contributed by atoms with Gasteiger partial charge < -0.3 is 17.9 Å². The monoisotopic (exact) mass is 210 g/mol. The van der Waals surface area contributed by atoms with Gasteiger partial charge in [0, 0.05) is 6.20 Å². The number of rotatable bonds is 2. The van der Waals surface area contributed by atoms with Gasteiger partial charge in [0.05, 0.1) is 5.52 Å². The molecule has 0 aliphatic heterocycles. The molecular formula is C10H8BF3N-. The van der Waals surface area contributed by atoms with Crippen LogP contribution < -0.4 is 0 Å². The molecule has 78 valence electrons. The first-order chi connectivity index (χ1) is 7.06. The largest absolute Gasteiger partial charge is 0.502 e. The van der Waals surface area contributed by atoms with E-state index < -0.39 is 6.98 Å². The van der Waals surface area contributed by atoms with Crippen LogP contribution in [-0.2, 0) is 0 Å². The van der Waals surface area contributed by atoms with Crippen molar-refractivity contribution in [3.63, 3.8) is 0 Å². The number of hydrogen-bond acceptors (Lipinski definition) is 0. The summed E-state index contributed by atoms with van der Waals surface area (Å²) in [5, 5.41) is 0.909. The summed E-state index contributed by atoms with van der Waals surface area (Å²) >= 11 is 0. The minimum absolute atomic E-state index is 0.301. The molecule has 0 radical (unpaired) electrons. The molecule has 0 fully saturated rings. The first kappa shape index (κ1) is 9.89. The smallest absolute Gasteiger partial charge is 0.445 e. The third kappa shape index (κ3) is 2.23. The molecule has 0 spiro atoms. The number of para-hydroxylation sites is 1. The van der Waals surface area contributed by atoms with Crippen LogP contribution >= 0.6 is 0 Å². The first-order valence-electron chi connectivity index (χ1n) is 4.51. The van der Waals surface area contributed by atoms with Crippen LogP contribution in [0.2, 0.25) is 0 Å². The van der Waals surface area contributed by atoms with Gasteiger partial charge in [-0.3, -0.25) is 0 Å². The number of benzene rings is 1. The zero-order valence-electron chi connectivity index (χ0n) is 7.75. The molecule has 2 aromatic rings. The number of halogens is 3. The Morgan fingerprint density at radius 1 is 1.13 bits per heavy atom. The minimum atomic E-state index is -4.87. The Morgan fingerprint density at radius 3 is 2.67 bits per heavy atom. The molecule has 0 atom stereocenters. The van der Waals surface area contributed by atoms with Crippen LogP contribution in [0.4, 0.5) is 12.9 Å². The zero-order valence-corrected chi connectivity index (χ0v) is 7.75. The van der Waals surface area contributed by atoms with E-state index in [1.54, 1.807) is 18.3 Å². The standard InChI is InChI=1S/C10H8BF3N/c12-11(13,14)6-4-8-2-1-3-9-5-7-15-10(8)9/h1-7,15H/q-1/b6-4+. The molecule has 1 heterocycles. The molecule has 5 heteroatoms. The minimum Gasteiger partial charge on any atom is -0.445 e. The number of fused-ring (bicyclic) bond motifs is 1. The summed E-state index contributed by atoms with van der Waals surface area (Å²) in [6.07, 6.45) is 2.81. The number of H-pyrrole nitrogens is 1. The predicted molar refractivity (Wildman–Crippen MR) is 56.4 cm³/mol. The Balaban J connectivity index is 2.44. The Labute approximate surface area is 84.7 Å². The SMILES string of the molecule is F[B-](F)(F)/C=C/c1cccc2cc[nH]c12. The van der Waals surface area contributed by atoms with E-state index in [1.165, 1.54) is 0 Å². The van der Waals surface area contributed by atoms with Gasteiger partial charge in [0.15, 0.2) is 0 Å². The third-order valence-electron chi connectivity index (χ3n) is 2.11. The Kier molecular flexibility index (Phi) is 2.30. The maximum atomic E-state index is 12.0. The van der Waals surface area contributed by atoms with Gasteiger partial charge in [-0.2, -0.15) is 0 Å². The number of aromatic nitrogens is 1. The van der Waals surface area contributed by atoms with Gasteiger partial charge in [-0.15, -0.1) is 5.98 Å². The maximum Gasteiger partial charge on any atom is 0.502 e. The molecule has 1 aromatic heterocycles. The second kappa shape index (κ2) is 3.49. The van der Waals surface area contributed by atoms with Crippen LogP contribution in [-0.4, -0.2) is 12.0 Å². The lowest BCUT2D eigenvalue weighted by atomic mass is 9.90. The number of nitrogens with one attached hydrogen (secondary N) is 1. The summed E-state index contributed by atoms with van der Waals surface area (Å²) in [6, 6.07) is 7.06. The van der Waals surface area contributed by atoms with Gasteiger partial charge in [-0.1, -0.05) is 24.3 Å². The van der Waals surface area contributed by atoms with Gasteiger partial charge >= 0.3 is 6.98 Å². The molecule has 0 saturated heterocycles. The highest BCUT2D eigenvalue weighted by atomic mass is 19.4. The fourth-order valence-corrected chi connectivity index (χ4v) is 1.46. The molecule has 0 saturated carbocycles. The second-order valence-electron chi connectivity index (χ2n) is 3.27. The number of aromatic amines is 1.